The molecule has 0 radical (unpaired) electrons. The molecule has 1 aromatic carbocycles. The second-order valence-corrected chi connectivity index (χ2v) is 6.12. The molecule has 2 aromatic heterocycles. The Hall–Kier alpha value is -2.55. The first kappa shape index (κ1) is 16.3. The number of hydrogen-bond donors (Lipinski definition) is 0. The normalized spacial score (nSPS) is 11.0. The standard InChI is InChI=1S/C21H23NO2/c1-5-16-7-8-18-11-19(20(13-23)22(18)12-16)17-9-14(3)21(24-6-2)15(4)10-17/h7-13H,5-6H2,1-4H3. The number of pyridine rings is 1. The van der Waals surface area contributed by atoms with E-state index in [1.165, 1.54) is 5.56 Å². The fraction of sp³-hybridized carbons (Fsp3) is 0.286. The Kier molecular flexibility index (Phi) is 4.43. The lowest BCUT2D eigenvalue weighted by Gasteiger charge is -2.13. The third-order valence-corrected chi connectivity index (χ3v) is 4.45. The van der Waals surface area contributed by atoms with E-state index in [1.54, 1.807) is 0 Å². The van der Waals surface area contributed by atoms with Crippen LogP contribution in [0.2, 0.25) is 0 Å². The quantitative estimate of drug-likeness (QED) is 0.619. The van der Waals surface area contributed by atoms with E-state index in [-0.39, 0.29) is 0 Å². The highest BCUT2D eigenvalue weighted by Crippen LogP contribution is 2.33. The van der Waals surface area contributed by atoms with Gasteiger partial charge in [0.25, 0.3) is 0 Å². The number of hydrogen-bond acceptors (Lipinski definition) is 2. The summed E-state index contributed by atoms with van der Waals surface area (Å²) >= 11 is 0. The minimum absolute atomic E-state index is 0.649. The maximum absolute atomic E-state index is 11.8. The number of carbonyl (C=O) groups excluding carboxylic acids is 1. The molecule has 0 fully saturated rings. The Morgan fingerprint density at radius 3 is 2.38 bits per heavy atom. The Bertz CT molecular complexity index is 883. The fourth-order valence-electron chi connectivity index (χ4n) is 3.27. The molecular formula is C21H23NO2. The number of aryl methyl sites for hydroxylation is 3. The van der Waals surface area contributed by atoms with Crippen LogP contribution in [-0.2, 0) is 6.42 Å². The minimum Gasteiger partial charge on any atom is -0.493 e. The maximum Gasteiger partial charge on any atom is 0.167 e. The molecule has 0 unspecified atom stereocenters. The summed E-state index contributed by atoms with van der Waals surface area (Å²) in [5, 5.41) is 0. The highest BCUT2D eigenvalue weighted by molar-refractivity contribution is 5.90. The highest BCUT2D eigenvalue weighted by atomic mass is 16.5. The number of fused-ring (bicyclic) bond motifs is 1. The van der Waals surface area contributed by atoms with Gasteiger partial charge in [-0.3, -0.25) is 4.79 Å². The van der Waals surface area contributed by atoms with Crippen molar-refractivity contribution >= 4 is 11.8 Å². The second-order valence-electron chi connectivity index (χ2n) is 6.12. The van der Waals surface area contributed by atoms with Crippen LogP contribution in [0.25, 0.3) is 16.6 Å². The third-order valence-electron chi connectivity index (χ3n) is 4.45. The van der Waals surface area contributed by atoms with E-state index in [0.717, 1.165) is 46.2 Å². The van der Waals surface area contributed by atoms with Crippen molar-refractivity contribution in [2.24, 2.45) is 0 Å². The molecule has 24 heavy (non-hydrogen) atoms. The van der Waals surface area contributed by atoms with E-state index in [9.17, 15) is 4.79 Å². The Morgan fingerprint density at radius 1 is 1.08 bits per heavy atom. The van der Waals surface area contributed by atoms with Crippen molar-refractivity contribution in [3.63, 3.8) is 0 Å². The van der Waals surface area contributed by atoms with Crippen molar-refractivity contribution in [1.29, 1.82) is 0 Å². The van der Waals surface area contributed by atoms with Crippen molar-refractivity contribution in [3.05, 3.63) is 58.9 Å². The monoisotopic (exact) mass is 321 g/mol. The summed E-state index contributed by atoms with van der Waals surface area (Å²) in [5.41, 5.74) is 7.15. The van der Waals surface area contributed by atoms with Gasteiger partial charge in [-0.15, -0.1) is 0 Å². The van der Waals surface area contributed by atoms with Crippen LogP contribution in [0, 0.1) is 13.8 Å². The summed E-state index contributed by atoms with van der Waals surface area (Å²) in [6.45, 7) is 8.85. The van der Waals surface area contributed by atoms with Crippen molar-refractivity contribution < 1.29 is 9.53 Å². The van der Waals surface area contributed by atoms with Crippen LogP contribution in [0.1, 0.15) is 41.0 Å². The largest absolute Gasteiger partial charge is 0.493 e. The zero-order valence-electron chi connectivity index (χ0n) is 14.7. The van der Waals surface area contributed by atoms with Crippen LogP contribution >= 0.6 is 0 Å². The molecule has 0 bridgehead atoms. The lowest BCUT2D eigenvalue weighted by Crippen LogP contribution is -1.98. The molecular weight excluding hydrogens is 298 g/mol. The number of carbonyl (C=O) groups is 1. The second kappa shape index (κ2) is 6.52. The fourth-order valence-corrected chi connectivity index (χ4v) is 3.27. The van der Waals surface area contributed by atoms with E-state index < -0.39 is 0 Å². The van der Waals surface area contributed by atoms with Crippen molar-refractivity contribution in [3.8, 4) is 16.9 Å². The predicted octanol–water partition coefficient (Wildman–Crippen LogP) is 5.00. The SMILES string of the molecule is CCOc1c(C)cc(-c2cc3ccc(CC)cn3c2C=O)cc1C. The van der Waals surface area contributed by atoms with Gasteiger partial charge in [-0.05, 0) is 73.7 Å². The topological polar surface area (TPSA) is 30.7 Å². The molecule has 0 saturated heterocycles. The van der Waals surface area contributed by atoms with Gasteiger partial charge in [0.15, 0.2) is 6.29 Å². The van der Waals surface area contributed by atoms with Gasteiger partial charge in [-0.1, -0.05) is 13.0 Å². The van der Waals surface area contributed by atoms with Crippen molar-refractivity contribution in [2.45, 2.75) is 34.1 Å². The van der Waals surface area contributed by atoms with E-state index in [2.05, 4.69) is 43.5 Å². The molecule has 0 spiro atoms. The third kappa shape index (κ3) is 2.71. The lowest BCUT2D eigenvalue weighted by molar-refractivity contribution is 0.111. The molecule has 124 valence electrons. The summed E-state index contributed by atoms with van der Waals surface area (Å²) in [5.74, 6) is 0.936. The summed E-state index contributed by atoms with van der Waals surface area (Å²) in [4.78, 5) is 11.8. The molecule has 0 aliphatic heterocycles. The number of rotatable bonds is 5. The minimum atomic E-state index is 0.649. The Labute approximate surface area is 142 Å². The van der Waals surface area contributed by atoms with Crippen molar-refractivity contribution in [2.75, 3.05) is 6.61 Å². The molecule has 0 N–H and O–H groups in total. The van der Waals surface area contributed by atoms with Gasteiger partial charge in [-0.25, -0.2) is 0 Å². The van der Waals surface area contributed by atoms with Gasteiger partial charge < -0.3 is 9.14 Å². The van der Waals surface area contributed by atoms with Crippen LogP contribution in [0.5, 0.6) is 5.75 Å². The van der Waals surface area contributed by atoms with Gasteiger partial charge in [0.05, 0.1) is 12.3 Å². The Balaban J connectivity index is 2.21. The molecule has 3 heteroatoms. The van der Waals surface area contributed by atoms with Crippen LogP contribution in [0.3, 0.4) is 0 Å². The molecule has 0 saturated carbocycles. The number of nitrogens with zero attached hydrogens (tertiary/aromatic N) is 1. The first-order valence-corrected chi connectivity index (χ1v) is 8.42. The first-order valence-electron chi connectivity index (χ1n) is 8.42. The van der Waals surface area contributed by atoms with E-state index in [1.807, 2.05) is 25.2 Å². The average Bonchev–Trinajstić information content (AvgIpc) is 2.95. The van der Waals surface area contributed by atoms with E-state index >= 15 is 0 Å². The van der Waals surface area contributed by atoms with Gasteiger partial charge in [0, 0.05) is 17.3 Å². The molecule has 0 aliphatic rings. The van der Waals surface area contributed by atoms with E-state index in [4.69, 9.17) is 4.74 Å². The summed E-state index contributed by atoms with van der Waals surface area (Å²) in [7, 11) is 0. The molecule has 3 aromatic rings. The Morgan fingerprint density at radius 2 is 1.79 bits per heavy atom. The van der Waals surface area contributed by atoms with Gasteiger partial charge in [0.2, 0.25) is 0 Å². The predicted molar refractivity (Wildman–Crippen MR) is 98.2 cm³/mol. The number of aromatic nitrogens is 1. The molecule has 2 heterocycles. The van der Waals surface area contributed by atoms with Crippen molar-refractivity contribution in [1.82, 2.24) is 4.40 Å². The van der Waals surface area contributed by atoms with Crippen LogP contribution in [0.15, 0.2) is 36.5 Å². The first-order chi connectivity index (χ1) is 11.6. The number of aldehydes is 1. The lowest BCUT2D eigenvalue weighted by atomic mass is 10.00. The van der Waals surface area contributed by atoms with E-state index in [0.29, 0.717) is 12.3 Å². The molecule has 0 aliphatic carbocycles. The zero-order valence-corrected chi connectivity index (χ0v) is 14.7. The molecule has 0 atom stereocenters. The maximum atomic E-state index is 11.8. The molecule has 3 nitrogen and oxygen atoms in total. The summed E-state index contributed by atoms with van der Waals surface area (Å²) in [6, 6.07) is 10.5. The van der Waals surface area contributed by atoms with Crippen LogP contribution < -0.4 is 4.74 Å². The summed E-state index contributed by atoms with van der Waals surface area (Å²) < 4.78 is 7.72. The van der Waals surface area contributed by atoms with Gasteiger partial charge in [-0.2, -0.15) is 0 Å². The molecule has 0 amide bonds. The van der Waals surface area contributed by atoms with Gasteiger partial charge in [0.1, 0.15) is 5.75 Å². The van der Waals surface area contributed by atoms with Gasteiger partial charge >= 0.3 is 0 Å². The van der Waals surface area contributed by atoms with Crippen LogP contribution in [-0.4, -0.2) is 17.3 Å². The van der Waals surface area contributed by atoms with Crippen LogP contribution in [0.4, 0.5) is 0 Å². The summed E-state index contributed by atoms with van der Waals surface area (Å²) in [6.07, 6.45) is 3.95. The smallest absolute Gasteiger partial charge is 0.167 e. The highest BCUT2D eigenvalue weighted by Gasteiger charge is 2.14. The molecule has 3 rings (SSSR count). The average molecular weight is 321 g/mol. The number of ether oxygens (including phenoxy) is 1. The zero-order chi connectivity index (χ0) is 17.3. The number of benzene rings is 1.